The summed E-state index contributed by atoms with van der Waals surface area (Å²) in [4.78, 5) is 29.0. The van der Waals surface area contributed by atoms with E-state index < -0.39 is 6.04 Å². The second-order valence-corrected chi connectivity index (χ2v) is 9.66. The zero-order chi connectivity index (χ0) is 22.2. The van der Waals surface area contributed by atoms with Crippen molar-refractivity contribution < 1.29 is 9.59 Å². The maximum Gasteiger partial charge on any atom is 0.243 e. The Bertz CT molecular complexity index is 885. The predicted molar refractivity (Wildman–Crippen MR) is 129 cm³/mol. The van der Waals surface area contributed by atoms with Crippen LogP contribution in [0, 0.1) is 0 Å². The molecule has 1 aliphatic rings. The van der Waals surface area contributed by atoms with Gasteiger partial charge in [0.25, 0.3) is 0 Å². The molecule has 0 bridgehead atoms. The lowest BCUT2D eigenvalue weighted by molar-refractivity contribution is -0.139. The molecular formula is C24H28Cl2N2O2S. The molecule has 0 spiro atoms. The van der Waals surface area contributed by atoms with Gasteiger partial charge in [0.15, 0.2) is 0 Å². The van der Waals surface area contributed by atoms with Crippen LogP contribution in [-0.2, 0) is 16.1 Å². The lowest BCUT2D eigenvalue weighted by Crippen LogP contribution is -2.51. The monoisotopic (exact) mass is 478 g/mol. The van der Waals surface area contributed by atoms with Crippen molar-refractivity contribution in [3.63, 3.8) is 0 Å². The van der Waals surface area contributed by atoms with E-state index in [-0.39, 0.29) is 23.6 Å². The van der Waals surface area contributed by atoms with Gasteiger partial charge in [0.1, 0.15) is 6.04 Å². The van der Waals surface area contributed by atoms with Gasteiger partial charge in [-0.15, -0.1) is 11.8 Å². The molecule has 0 heterocycles. The summed E-state index contributed by atoms with van der Waals surface area (Å²) in [6.07, 6.45) is 4.84. The van der Waals surface area contributed by atoms with Crippen LogP contribution < -0.4 is 5.32 Å². The first-order valence-electron chi connectivity index (χ1n) is 10.7. The molecule has 1 aliphatic carbocycles. The molecule has 1 fully saturated rings. The number of thioether (sulfide) groups is 1. The fourth-order valence-electron chi connectivity index (χ4n) is 3.86. The number of amides is 2. The van der Waals surface area contributed by atoms with Crippen LogP contribution in [0.15, 0.2) is 53.4 Å². The van der Waals surface area contributed by atoms with E-state index in [9.17, 15) is 9.59 Å². The Balaban J connectivity index is 1.76. The summed E-state index contributed by atoms with van der Waals surface area (Å²) in [6, 6.07) is 14.5. The van der Waals surface area contributed by atoms with E-state index in [1.165, 1.54) is 11.8 Å². The van der Waals surface area contributed by atoms with Gasteiger partial charge >= 0.3 is 0 Å². The van der Waals surface area contributed by atoms with E-state index in [2.05, 4.69) is 5.32 Å². The smallest absolute Gasteiger partial charge is 0.243 e. The Kier molecular flexibility index (Phi) is 9.12. The molecule has 2 aromatic carbocycles. The van der Waals surface area contributed by atoms with Crippen LogP contribution >= 0.6 is 35.0 Å². The summed E-state index contributed by atoms with van der Waals surface area (Å²) in [5.41, 5.74) is 0.834. The van der Waals surface area contributed by atoms with Crippen LogP contribution in [0.1, 0.15) is 44.6 Å². The number of carbonyl (C=O) groups excluding carboxylic acids is 2. The molecule has 0 aromatic heterocycles. The van der Waals surface area contributed by atoms with Crippen LogP contribution in [0.25, 0.3) is 0 Å². The number of halogens is 2. The lowest BCUT2D eigenvalue weighted by atomic mass is 10.1. The van der Waals surface area contributed by atoms with Crippen LogP contribution in [0.2, 0.25) is 10.0 Å². The van der Waals surface area contributed by atoms with Gasteiger partial charge in [0.05, 0.1) is 5.75 Å². The van der Waals surface area contributed by atoms with E-state index in [1.54, 1.807) is 17.0 Å². The highest BCUT2D eigenvalue weighted by Gasteiger charge is 2.30. The minimum atomic E-state index is -0.532. The summed E-state index contributed by atoms with van der Waals surface area (Å²) in [5.74, 6) is 0.0684. The molecule has 3 rings (SSSR count). The Morgan fingerprint density at radius 1 is 1.10 bits per heavy atom. The zero-order valence-electron chi connectivity index (χ0n) is 17.7. The molecule has 0 radical (unpaired) electrons. The van der Waals surface area contributed by atoms with Gasteiger partial charge in [-0.2, -0.15) is 0 Å². The number of nitrogens with one attached hydrogen (secondary N) is 1. The number of hydrogen-bond acceptors (Lipinski definition) is 3. The van der Waals surface area contributed by atoms with Crippen LogP contribution in [-0.4, -0.2) is 34.6 Å². The fraction of sp³-hybridized carbons (Fsp3) is 0.417. The predicted octanol–water partition coefficient (Wildman–Crippen LogP) is 5.95. The number of benzene rings is 2. The average molecular weight is 479 g/mol. The normalized spacial score (nSPS) is 14.9. The Hall–Kier alpha value is -1.69. The van der Waals surface area contributed by atoms with Gasteiger partial charge in [0, 0.05) is 27.5 Å². The molecule has 0 saturated heterocycles. The van der Waals surface area contributed by atoms with Crippen LogP contribution in [0.5, 0.6) is 0 Å². The van der Waals surface area contributed by atoms with Crippen molar-refractivity contribution in [3.8, 4) is 0 Å². The number of nitrogens with zero attached hydrogens (tertiary/aromatic N) is 1. The fourth-order valence-corrected chi connectivity index (χ4v) is 4.96. The first kappa shape index (κ1) is 24.0. The zero-order valence-corrected chi connectivity index (χ0v) is 20.0. The van der Waals surface area contributed by atoms with Crippen molar-refractivity contribution in [2.45, 2.75) is 62.6 Å². The quantitative estimate of drug-likeness (QED) is 0.452. The highest BCUT2D eigenvalue weighted by Crippen LogP contribution is 2.24. The largest absolute Gasteiger partial charge is 0.352 e. The minimum Gasteiger partial charge on any atom is -0.352 e. The maximum atomic E-state index is 13.3. The van der Waals surface area contributed by atoms with Crippen LogP contribution in [0.3, 0.4) is 0 Å². The summed E-state index contributed by atoms with van der Waals surface area (Å²) < 4.78 is 0. The molecule has 0 unspecified atom stereocenters. The van der Waals surface area contributed by atoms with Gasteiger partial charge in [-0.1, -0.05) is 61.2 Å². The SMILES string of the molecule is CC[C@@H](C(=O)NC1CCCC1)N(Cc1ccccc1Cl)C(=O)CSc1ccc(Cl)cc1. The summed E-state index contributed by atoms with van der Waals surface area (Å²) in [5, 5.41) is 4.41. The summed E-state index contributed by atoms with van der Waals surface area (Å²) >= 11 is 13.8. The molecule has 1 atom stereocenters. The first-order chi connectivity index (χ1) is 15.0. The van der Waals surface area contributed by atoms with Gasteiger partial charge in [-0.25, -0.2) is 0 Å². The number of hydrogen-bond donors (Lipinski definition) is 1. The van der Waals surface area contributed by atoms with E-state index in [0.29, 0.717) is 23.0 Å². The van der Waals surface area contributed by atoms with Gasteiger partial charge < -0.3 is 10.2 Å². The molecule has 1 saturated carbocycles. The maximum absolute atomic E-state index is 13.3. The van der Waals surface area contributed by atoms with Gasteiger partial charge in [0.2, 0.25) is 11.8 Å². The number of rotatable bonds is 9. The van der Waals surface area contributed by atoms with E-state index in [4.69, 9.17) is 23.2 Å². The average Bonchev–Trinajstić information content (AvgIpc) is 3.27. The molecule has 2 amide bonds. The van der Waals surface area contributed by atoms with Gasteiger partial charge in [-0.3, -0.25) is 9.59 Å². The Morgan fingerprint density at radius 2 is 1.77 bits per heavy atom. The van der Waals surface area contributed by atoms with E-state index in [0.717, 1.165) is 36.1 Å². The number of carbonyl (C=O) groups is 2. The minimum absolute atomic E-state index is 0.0775. The summed E-state index contributed by atoms with van der Waals surface area (Å²) in [7, 11) is 0. The highest BCUT2D eigenvalue weighted by molar-refractivity contribution is 8.00. The third-order valence-electron chi connectivity index (χ3n) is 5.56. The van der Waals surface area contributed by atoms with Crippen molar-refractivity contribution in [2.24, 2.45) is 0 Å². The van der Waals surface area contributed by atoms with Crippen molar-refractivity contribution in [3.05, 3.63) is 64.1 Å². The van der Waals surface area contributed by atoms with Gasteiger partial charge in [-0.05, 0) is 55.2 Å². The molecular weight excluding hydrogens is 451 g/mol. The molecule has 0 aliphatic heterocycles. The topological polar surface area (TPSA) is 49.4 Å². The summed E-state index contributed by atoms with van der Waals surface area (Å²) in [6.45, 7) is 2.24. The molecule has 166 valence electrons. The molecule has 1 N–H and O–H groups in total. The van der Waals surface area contributed by atoms with E-state index in [1.807, 2.05) is 43.3 Å². The van der Waals surface area contributed by atoms with Crippen LogP contribution in [0.4, 0.5) is 0 Å². The standard InChI is InChI=1S/C24H28Cl2N2O2S/c1-2-22(24(30)27-19-8-4-5-9-19)28(15-17-7-3-6-10-21(17)26)23(29)16-31-20-13-11-18(25)12-14-20/h3,6-7,10-14,19,22H,2,4-5,8-9,15-16H2,1H3,(H,27,30)/t22-/m0/s1. The molecule has 7 heteroatoms. The lowest BCUT2D eigenvalue weighted by Gasteiger charge is -2.31. The third kappa shape index (κ3) is 6.90. The van der Waals surface area contributed by atoms with Crippen molar-refractivity contribution >= 4 is 46.8 Å². The van der Waals surface area contributed by atoms with Crippen molar-refractivity contribution in [1.29, 1.82) is 0 Å². The molecule has 2 aromatic rings. The van der Waals surface area contributed by atoms with Crippen molar-refractivity contribution in [1.82, 2.24) is 10.2 Å². The second-order valence-electron chi connectivity index (χ2n) is 7.77. The third-order valence-corrected chi connectivity index (χ3v) is 7.18. The van der Waals surface area contributed by atoms with E-state index >= 15 is 0 Å². The highest BCUT2D eigenvalue weighted by atomic mass is 35.5. The first-order valence-corrected chi connectivity index (χ1v) is 12.4. The Morgan fingerprint density at radius 3 is 2.42 bits per heavy atom. The second kappa shape index (κ2) is 11.8. The molecule has 31 heavy (non-hydrogen) atoms. The molecule has 4 nitrogen and oxygen atoms in total. The van der Waals surface area contributed by atoms with Crippen molar-refractivity contribution in [2.75, 3.05) is 5.75 Å². The Labute approximate surface area is 198 Å².